The topological polar surface area (TPSA) is 34.0 Å². The Labute approximate surface area is 78.4 Å². The summed E-state index contributed by atoms with van der Waals surface area (Å²) >= 11 is 0. The first-order valence-corrected chi connectivity index (χ1v) is 4.56. The number of rotatable bonds is 4. The molecule has 72 valence electrons. The molecular weight excluding hydrogens is 164 g/mol. The molecule has 0 saturated heterocycles. The van der Waals surface area contributed by atoms with Crippen LogP contribution in [0.25, 0.3) is 0 Å². The van der Waals surface area contributed by atoms with Crippen molar-refractivity contribution in [2.75, 3.05) is 13.6 Å². The van der Waals surface area contributed by atoms with E-state index in [1.165, 1.54) is 0 Å². The summed E-state index contributed by atoms with van der Waals surface area (Å²) in [5.74, 6) is 0. The summed E-state index contributed by atoms with van der Waals surface area (Å²) < 4.78 is 1.76. The van der Waals surface area contributed by atoms with Crippen LogP contribution in [-0.2, 0) is 6.54 Å². The third-order valence-electron chi connectivity index (χ3n) is 2.04. The monoisotopic (exact) mass is 180 g/mol. The Morgan fingerprint density at radius 2 is 2.31 bits per heavy atom. The lowest BCUT2D eigenvalue weighted by Gasteiger charge is -2.05. The van der Waals surface area contributed by atoms with Crippen LogP contribution >= 0.6 is 0 Å². The van der Waals surface area contributed by atoms with E-state index in [2.05, 4.69) is 5.32 Å². The molecule has 0 amide bonds. The van der Waals surface area contributed by atoms with Crippen molar-refractivity contribution < 1.29 is 0 Å². The maximum Gasteiger partial charge on any atom is 0.253 e. The molecule has 1 N–H and O–H groups in total. The highest BCUT2D eigenvalue weighted by atomic mass is 16.1. The van der Waals surface area contributed by atoms with Gasteiger partial charge >= 0.3 is 0 Å². The summed E-state index contributed by atoms with van der Waals surface area (Å²) in [6.07, 6.45) is 2.82. The highest BCUT2D eigenvalue weighted by Gasteiger charge is 1.96. The van der Waals surface area contributed by atoms with Gasteiger partial charge in [-0.25, -0.2) is 0 Å². The Bertz CT molecular complexity index is 317. The largest absolute Gasteiger partial charge is 0.320 e. The van der Waals surface area contributed by atoms with Crippen LogP contribution in [0.2, 0.25) is 0 Å². The molecule has 0 spiro atoms. The summed E-state index contributed by atoms with van der Waals surface area (Å²) in [5.41, 5.74) is 0.936. The lowest BCUT2D eigenvalue weighted by Crippen LogP contribution is -2.22. The average Bonchev–Trinajstić information content (AvgIpc) is 2.13. The zero-order chi connectivity index (χ0) is 9.68. The summed E-state index contributed by atoms with van der Waals surface area (Å²) in [7, 11) is 1.92. The van der Waals surface area contributed by atoms with Crippen molar-refractivity contribution in [1.82, 2.24) is 9.88 Å². The van der Waals surface area contributed by atoms with Crippen molar-refractivity contribution >= 4 is 0 Å². The second-order valence-electron chi connectivity index (χ2n) is 3.15. The fraction of sp³-hybridized carbons (Fsp3) is 0.500. The molecule has 1 heterocycles. The maximum atomic E-state index is 11.5. The molecular formula is C10H16N2O. The van der Waals surface area contributed by atoms with Gasteiger partial charge in [0.1, 0.15) is 0 Å². The first-order valence-electron chi connectivity index (χ1n) is 4.56. The quantitative estimate of drug-likeness (QED) is 0.694. The number of nitrogens with one attached hydrogen (secondary N) is 1. The molecule has 3 heteroatoms. The summed E-state index contributed by atoms with van der Waals surface area (Å²) in [6, 6.07) is 3.76. The molecule has 0 radical (unpaired) electrons. The predicted molar refractivity (Wildman–Crippen MR) is 54.0 cm³/mol. The van der Waals surface area contributed by atoms with E-state index in [1.807, 2.05) is 32.3 Å². The summed E-state index contributed by atoms with van der Waals surface area (Å²) in [4.78, 5) is 11.5. The normalized spacial score (nSPS) is 10.3. The van der Waals surface area contributed by atoms with Crippen molar-refractivity contribution in [3.05, 3.63) is 34.2 Å². The Kier molecular flexibility index (Phi) is 3.71. The van der Waals surface area contributed by atoms with Gasteiger partial charge in [-0.05, 0) is 33.0 Å². The Hall–Kier alpha value is -1.09. The second-order valence-corrected chi connectivity index (χ2v) is 3.15. The van der Waals surface area contributed by atoms with Crippen molar-refractivity contribution in [3.8, 4) is 0 Å². The zero-order valence-corrected chi connectivity index (χ0v) is 8.21. The van der Waals surface area contributed by atoms with Gasteiger partial charge in [0, 0.05) is 18.3 Å². The molecule has 0 aliphatic rings. The zero-order valence-electron chi connectivity index (χ0n) is 8.21. The highest BCUT2D eigenvalue weighted by Crippen LogP contribution is 1.90. The first kappa shape index (κ1) is 9.99. The molecule has 0 fully saturated rings. The fourth-order valence-corrected chi connectivity index (χ4v) is 1.26. The van der Waals surface area contributed by atoms with Gasteiger partial charge < -0.3 is 9.88 Å². The van der Waals surface area contributed by atoms with Crippen LogP contribution in [0.1, 0.15) is 12.0 Å². The molecule has 13 heavy (non-hydrogen) atoms. The van der Waals surface area contributed by atoms with Crippen molar-refractivity contribution in [3.63, 3.8) is 0 Å². The van der Waals surface area contributed by atoms with Crippen LogP contribution in [-0.4, -0.2) is 18.2 Å². The van der Waals surface area contributed by atoms with E-state index in [9.17, 15) is 4.79 Å². The Morgan fingerprint density at radius 3 is 3.00 bits per heavy atom. The molecule has 0 aliphatic heterocycles. The van der Waals surface area contributed by atoms with E-state index >= 15 is 0 Å². The maximum absolute atomic E-state index is 11.5. The standard InChI is InChI=1S/C10H16N2O/c1-9-5-3-7-12(10(9)13)8-4-6-11-2/h3,5,7,11H,4,6,8H2,1-2H3. The van der Waals surface area contributed by atoms with Crippen molar-refractivity contribution in [2.24, 2.45) is 0 Å². The van der Waals surface area contributed by atoms with Crippen molar-refractivity contribution in [2.45, 2.75) is 19.9 Å². The van der Waals surface area contributed by atoms with Crippen LogP contribution in [0.4, 0.5) is 0 Å². The minimum atomic E-state index is 0.124. The van der Waals surface area contributed by atoms with Crippen LogP contribution in [0.5, 0.6) is 0 Å². The van der Waals surface area contributed by atoms with Gasteiger partial charge in [0.15, 0.2) is 0 Å². The SMILES string of the molecule is CNCCCn1cccc(C)c1=O. The molecule has 0 unspecified atom stereocenters. The third-order valence-corrected chi connectivity index (χ3v) is 2.04. The number of hydrogen-bond donors (Lipinski definition) is 1. The first-order chi connectivity index (χ1) is 6.25. The minimum absolute atomic E-state index is 0.124. The molecule has 1 aromatic rings. The van der Waals surface area contributed by atoms with Crippen LogP contribution in [0.15, 0.2) is 23.1 Å². The van der Waals surface area contributed by atoms with E-state index in [-0.39, 0.29) is 5.56 Å². The van der Waals surface area contributed by atoms with E-state index in [4.69, 9.17) is 0 Å². The molecule has 0 bridgehead atoms. The molecule has 0 aliphatic carbocycles. The Balaban J connectivity index is 2.67. The van der Waals surface area contributed by atoms with Crippen LogP contribution < -0.4 is 10.9 Å². The van der Waals surface area contributed by atoms with Gasteiger partial charge in [0.25, 0.3) is 5.56 Å². The van der Waals surface area contributed by atoms with E-state index < -0.39 is 0 Å². The molecule has 0 aromatic carbocycles. The van der Waals surface area contributed by atoms with E-state index in [0.717, 1.165) is 25.1 Å². The predicted octanol–water partition coefficient (Wildman–Crippen LogP) is 0.766. The van der Waals surface area contributed by atoms with E-state index in [1.54, 1.807) is 4.57 Å². The molecule has 3 nitrogen and oxygen atoms in total. The van der Waals surface area contributed by atoms with Gasteiger partial charge in [-0.1, -0.05) is 6.07 Å². The number of aromatic nitrogens is 1. The lowest BCUT2D eigenvalue weighted by atomic mass is 10.3. The molecule has 1 rings (SSSR count). The van der Waals surface area contributed by atoms with Crippen LogP contribution in [0.3, 0.4) is 0 Å². The average molecular weight is 180 g/mol. The molecule has 0 atom stereocenters. The highest BCUT2D eigenvalue weighted by molar-refractivity contribution is 5.07. The van der Waals surface area contributed by atoms with Gasteiger partial charge in [-0.3, -0.25) is 4.79 Å². The van der Waals surface area contributed by atoms with Gasteiger partial charge in [-0.15, -0.1) is 0 Å². The van der Waals surface area contributed by atoms with Crippen LogP contribution in [0, 0.1) is 6.92 Å². The fourth-order valence-electron chi connectivity index (χ4n) is 1.26. The lowest BCUT2D eigenvalue weighted by molar-refractivity contribution is 0.596. The second kappa shape index (κ2) is 4.82. The summed E-state index contributed by atoms with van der Waals surface area (Å²) in [5, 5.41) is 3.06. The van der Waals surface area contributed by atoms with Gasteiger partial charge in [0.2, 0.25) is 0 Å². The number of hydrogen-bond acceptors (Lipinski definition) is 2. The molecule has 1 aromatic heterocycles. The number of aryl methyl sites for hydroxylation is 2. The third kappa shape index (κ3) is 2.70. The Morgan fingerprint density at radius 1 is 1.54 bits per heavy atom. The van der Waals surface area contributed by atoms with Crippen molar-refractivity contribution in [1.29, 1.82) is 0 Å². The number of nitrogens with zero attached hydrogens (tertiary/aromatic N) is 1. The number of pyridine rings is 1. The van der Waals surface area contributed by atoms with Gasteiger partial charge in [0.05, 0.1) is 0 Å². The van der Waals surface area contributed by atoms with Gasteiger partial charge in [-0.2, -0.15) is 0 Å². The minimum Gasteiger partial charge on any atom is -0.320 e. The molecule has 0 saturated carbocycles. The van der Waals surface area contributed by atoms with E-state index in [0.29, 0.717) is 0 Å². The summed E-state index contributed by atoms with van der Waals surface area (Å²) in [6.45, 7) is 3.58. The smallest absolute Gasteiger partial charge is 0.253 e.